The Morgan fingerprint density at radius 1 is 1.42 bits per heavy atom. The molecule has 3 rings (SSSR count). The van der Waals surface area contributed by atoms with E-state index in [0.29, 0.717) is 12.5 Å². The molecule has 2 aliphatic heterocycles. The number of nitrogens with zero attached hydrogens (tertiary/aromatic N) is 3. The largest absolute Gasteiger partial charge is 0.379 e. The van der Waals surface area contributed by atoms with Gasteiger partial charge in [0.05, 0.1) is 19.8 Å². The van der Waals surface area contributed by atoms with Crippen molar-refractivity contribution in [3.63, 3.8) is 0 Å². The first-order valence-electron chi connectivity index (χ1n) is 6.90. The zero-order valence-electron chi connectivity index (χ0n) is 11.0. The molecular weight excluding hydrogens is 244 g/mol. The lowest BCUT2D eigenvalue weighted by Crippen LogP contribution is -2.44. The van der Waals surface area contributed by atoms with Gasteiger partial charge in [-0.15, -0.1) is 0 Å². The topological polar surface area (TPSA) is 61.5 Å². The zero-order chi connectivity index (χ0) is 13.1. The van der Waals surface area contributed by atoms with Crippen molar-refractivity contribution >= 4 is 5.91 Å². The van der Waals surface area contributed by atoms with E-state index in [1.165, 1.54) is 0 Å². The Kier molecular flexibility index (Phi) is 3.79. The van der Waals surface area contributed by atoms with E-state index in [1.807, 2.05) is 11.0 Å². The highest BCUT2D eigenvalue weighted by Gasteiger charge is 2.29. The first-order valence-corrected chi connectivity index (χ1v) is 6.90. The molecule has 104 valence electrons. The Bertz CT molecular complexity index is 414. The monoisotopic (exact) mass is 264 g/mol. The number of hydrogen-bond donors (Lipinski definition) is 1. The number of ether oxygens (including phenoxy) is 1. The second-order valence-corrected chi connectivity index (χ2v) is 5.23. The van der Waals surface area contributed by atoms with Crippen molar-refractivity contribution in [2.24, 2.45) is 0 Å². The van der Waals surface area contributed by atoms with Crippen molar-refractivity contribution in [3.05, 3.63) is 18.0 Å². The zero-order valence-corrected chi connectivity index (χ0v) is 11.0. The van der Waals surface area contributed by atoms with Gasteiger partial charge in [0.1, 0.15) is 0 Å². The standard InChI is InChI=1S/C13H20N4O2/c18-13(10-16-5-7-19-8-6-16)17-4-2-11(9-17)12-1-3-14-15-12/h1,3,11H,2,4-10H2,(H,14,15)/t11-/m1/s1. The highest BCUT2D eigenvalue weighted by Crippen LogP contribution is 2.25. The summed E-state index contributed by atoms with van der Waals surface area (Å²) in [7, 11) is 0. The first-order chi connectivity index (χ1) is 9.33. The summed E-state index contributed by atoms with van der Waals surface area (Å²) in [4.78, 5) is 16.4. The number of nitrogens with one attached hydrogen (secondary N) is 1. The van der Waals surface area contributed by atoms with E-state index in [9.17, 15) is 4.79 Å². The van der Waals surface area contributed by atoms with E-state index >= 15 is 0 Å². The number of hydrogen-bond acceptors (Lipinski definition) is 4. The lowest BCUT2D eigenvalue weighted by molar-refractivity contribution is -0.132. The van der Waals surface area contributed by atoms with Crippen LogP contribution in [0.15, 0.2) is 12.3 Å². The molecule has 0 radical (unpaired) electrons. The summed E-state index contributed by atoms with van der Waals surface area (Å²) >= 11 is 0. The second kappa shape index (κ2) is 5.71. The van der Waals surface area contributed by atoms with Crippen molar-refractivity contribution < 1.29 is 9.53 Å². The first kappa shape index (κ1) is 12.6. The third-order valence-corrected chi connectivity index (χ3v) is 3.97. The van der Waals surface area contributed by atoms with Gasteiger partial charge in [-0.05, 0) is 12.5 Å². The predicted octanol–water partition coefficient (Wildman–Crippen LogP) is 0.0578. The van der Waals surface area contributed by atoms with Crippen LogP contribution in [0, 0.1) is 0 Å². The normalized spacial score (nSPS) is 24.8. The van der Waals surface area contributed by atoms with Crippen LogP contribution in [0.1, 0.15) is 18.0 Å². The molecule has 0 aliphatic carbocycles. The summed E-state index contributed by atoms with van der Waals surface area (Å²) in [6.07, 6.45) is 2.80. The van der Waals surface area contributed by atoms with Crippen molar-refractivity contribution in [3.8, 4) is 0 Å². The number of likely N-dealkylation sites (tertiary alicyclic amines) is 1. The quantitative estimate of drug-likeness (QED) is 0.838. The molecule has 2 aliphatic rings. The summed E-state index contributed by atoms with van der Waals surface area (Å²) in [5.41, 5.74) is 1.14. The maximum absolute atomic E-state index is 12.2. The van der Waals surface area contributed by atoms with Crippen LogP contribution in [0.2, 0.25) is 0 Å². The molecule has 0 saturated carbocycles. The van der Waals surface area contributed by atoms with Gasteiger partial charge in [-0.2, -0.15) is 5.10 Å². The third-order valence-electron chi connectivity index (χ3n) is 3.97. The van der Waals surface area contributed by atoms with E-state index in [1.54, 1.807) is 6.20 Å². The Balaban J connectivity index is 1.51. The summed E-state index contributed by atoms with van der Waals surface area (Å²) < 4.78 is 5.30. The minimum atomic E-state index is 0.240. The summed E-state index contributed by atoms with van der Waals surface area (Å²) in [6, 6.07) is 2.00. The Morgan fingerprint density at radius 3 is 3.00 bits per heavy atom. The van der Waals surface area contributed by atoms with Gasteiger partial charge in [0, 0.05) is 44.0 Å². The fourth-order valence-corrected chi connectivity index (χ4v) is 2.79. The summed E-state index contributed by atoms with van der Waals surface area (Å²) in [6.45, 7) is 5.40. The van der Waals surface area contributed by atoms with E-state index in [0.717, 1.165) is 51.5 Å². The average molecular weight is 264 g/mol. The predicted molar refractivity (Wildman–Crippen MR) is 69.8 cm³/mol. The molecule has 1 N–H and O–H groups in total. The molecule has 2 fully saturated rings. The van der Waals surface area contributed by atoms with Gasteiger partial charge < -0.3 is 9.64 Å². The average Bonchev–Trinajstić information content (AvgIpc) is 3.11. The smallest absolute Gasteiger partial charge is 0.236 e. The van der Waals surface area contributed by atoms with Crippen molar-refractivity contribution in [2.45, 2.75) is 12.3 Å². The van der Waals surface area contributed by atoms with Crippen LogP contribution in [0.25, 0.3) is 0 Å². The lowest BCUT2D eigenvalue weighted by atomic mass is 10.1. The Labute approximate surface area is 112 Å². The van der Waals surface area contributed by atoms with Crippen LogP contribution in [-0.2, 0) is 9.53 Å². The highest BCUT2D eigenvalue weighted by molar-refractivity contribution is 5.78. The van der Waals surface area contributed by atoms with Gasteiger partial charge in [-0.25, -0.2) is 0 Å². The molecule has 1 amide bonds. The van der Waals surface area contributed by atoms with E-state index in [4.69, 9.17) is 4.74 Å². The second-order valence-electron chi connectivity index (χ2n) is 5.23. The molecule has 2 saturated heterocycles. The number of carbonyl (C=O) groups is 1. The minimum absolute atomic E-state index is 0.240. The molecule has 19 heavy (non-hydrogen) atoms. The van der Waals surface area contributed by atoms with Gasteiger partial charge in [-0.1, -0.05) is 0 Å². The minimum Gasteiger partial charge on any atom is -0.379 e. The molecule has 6 heteroatoms. The van der Waals surface area contributed by atoms with E-state index in [2.05, 4.69) is 15.1 Å². The van der Waals surface area contributed by atoms with Crippen molar-refractivity contribution in [2.75, 3.05) is 45.9 Å². The van der Waals surface area contributed by atoms with E-state index in [-0.39, 0.29) is 5.91 Å². The summed E-state index contributed by atoms with van der Waals surface area (Å²) in [5, 5.41) is 6.98. The number of amides is 1. The molecule has 0 unspecified atom stereocenters. The number of aromatic nitrogens is 2. The highest BCUT2D eigenvalue weighted by atomic mass is 16.5. The van der Waals surface area contributed by atoms with Gasteiger partial charge in [0.15, 0.2) is 0 Å². The molecule has 1 atom stereocenters. The molecule has 0 aromatic carbocycles. The molecule has 1 aromatic rings. The Hall–Kier alpha value is -1.40. The number of carbonyl (C=O) groups excluding carboxylic acids is 1. The molecule has 0 spiro atoms. The molecular formula is C13H20N4O2. The fourth-order valence-electron chi connectivity index (χ4n) is 2.79. The van der Waals surface area contributed by atoms with Gasteiger partial charge in [0.25, 0.3) is 0 Å². The van der Waals surface area contributed by atoms with Crippen LogP contribution in [-0.4, -0.2) is 71.8 Å². The number of rotatable bonds is 3. The maximum Gasteiger partial charge on any atom is 0.236 e. The van der Waals surface area contributed by atoms with Crippen molar-refractivity contribution in [1.82, 2.24) is 20.0 Å². The summed E-state index contributed by atoms with van der Waals surface area (Å²) in [5.74, 6) is 0.653. The molecule has 0 bridgehead atoms. The third kappa shape index (κ3) is 2.96. The van der Waals surface area contributed by atoms with Crippen LogP contribution < -0.4 is 0 Å². The van der Waals surface area contributed by atoms with E-state index < -0.39 is 0 Å². The number of morpholine rings is 1. The van der Waals surface area contributed by atoms with Crippen molar-refractivity contribution in [1.29, 1.82) is 0 Å². The lowest BCUT2D eigenvalue weighted by Gasteiger charge is -2.28. The van der Waals surface area contributed by atoms with Crippen LogP contribution >= 0.6 is 0 Å². The SMILES string of the molecule is O=C(CN1CCOCC1)N1CC[C@@H](c2ccn[nH]2)C1. The molecule has 6 nitrogen and oxygen atoms in total. The number of aromatic amines is 1. The maximum atomic E-state index is 12.2. The van der Waals surface area contributed by atoms with Crippen LogP contribution in [0.3, 0.4) is 0 Å². The fraction of sp³-hybridized carbons (Fsp3) is 0.692. The molecule has 1 aromatic heterocycles. The van der Waals surface area contributed by atoms with Crippen LogP contribution in [0.5, 0.6) is 0 Å². The van der Waals surface area contributed by atoms with Gasteiger partial charge >= 0.3 is 0 Å². The van der Waals surface area contributed by atoms with Gasteiger partial charge in [-0.3, -0.25) is 14.8 Å². The molecule has 3 heterocycles. The van der Waals surface area contributed by atoms with Gasteiger partial charge in [0.2, 0.25) is 5.91 Å². The number of H-pyrrole nitrogens is 1. The van der Waals surface area contributed by atoms with Crippen LogP contribution in [0.4, 0.5) is 0 Å². The Morgan fingerprint density at radius 2 is 2.26 bits per heavy atom.